The summed E-state index contributed by atoms with van der Waals surface area (Å²) in [7, 11) is 0. The maximum absolute atomic E-state index is 14.2. The van der Waals surface area contributed by atoms with E-state index in [0.29, 0.717) is 29.9 Å². The van der Waals surface area contributed by atoms with E-state index in [2.05, 4.69) is 29.8 Å². The Kier molecular flexibility index (Phi) is 4.70. The van der Waals surface area contributed by atoms with Gasteiger partial charge < -0.3 is 15.4 Å². The summed E-state index contributed by atoms with van der Waals surface area (Å²) in [5, 5.41) is 10.2. The number of nitrogens with zero attached hydrogens (tertiary/aromatic N) is 4. The summed E-state index contributed by atoms with van der Waals surface area (Å²) in [5.74, 6) is -2.02. The summed E-state index contributed by atoms with van der Waals surface area (Å²) in [6.07, 6.45) is 3.20. The highest BCUT2D eigenvalue weighted by molar-refractivity contribution is 7.13. The lowest BCUT2D eigenvalue weighted by Gasteiger charge is -2.17. The molecule has 12 heteroatoms. The number of carbonyl (C=O) groups excluding carboxylic acids is 1. The standard InChI is InChI=1S/C19H13F3N6O2S/c20-10-2-1-3-11(16(10)30-19(21)22)26-14-13(27-28-7-6-24-18(29)15(14)28)9-4-5-23-12-8-25-31-17(9)12/h1-5,8,19,26H,6-7H2,(H,24,29). The molecule has 3 aromatic heterocycles. The summed E-state index contributed by atoms with van der Waals surface area (Å²) in [6.45, 7) is -2.42. The van der Waals surface area contributed by atoms with Gasteiger partial charge in [-0.05, 0) is 29.7 Å². The monoisotopic (exact) mass is 446 g/mol. The molecule has 31 heavy (non-hydrogen) atoms. The fourth-order valence-corrected chi connectivity index (χ4v) is 4.16. The van der Waals surface area contributed by atoms with Crippen LogP contribution in [0.4, 0.5) is 24.5 Å². The summed E-state index contributed by atoms with van der Waals surface area (Å²) >= 11 is 1.21. The Balaban J connectivity index is 1.71. The number of hydrogen-bond donors (Lipinski definition) is 2. The predicted octanol–water partition coefficient (Wildman–Crippen LogP) is 3.78. The van der Waals surface area contributed by atoms with E-state index < -0.39 is 24.1 Å². The second-order valence-electron chi connectivity index (χ2n) is 6.57. The molecule has 1 aromatic carbocycles. The molecule has 8 nitrogen and oxygen atoms in total. The number of fused-ring (bicyclic) bond motifs is 2. The summed E-state index contributed by atoms with van der Waals surface area (Å²) < 4.78 is 50.8. The van der Waals surface area contributed by atoms with Gasteiger partial charge in [0.15, 0.2) is 11.6 Å². The van der Waals surface area contributed by atoms with Crippen molar-refractivity contribution in [3.05, 3.63) is 48.2 Å². The first-order valence-corrected chi connectivity index (χ1v) is 9.89. The second kappa shape index (κ2) is 7.54. The number of ether oxygens (including phenoxy) is 1. The number of carbonyl (C=O) groups is 1. The third-order valence-electron chi connectivity index (χ3n) is 4.72. The molecule has 1 aliphatic heterocycles. The van der Waals surface area contributed by atoms with Crippen molar-refractivity contribution in [2.45, 2.75) is 13.2 Å². The molecule has 0 aliphatic carbocycles. The van der Waals surface area contributed by atoms with Crippen molar-refractivity contribution in [3.63, 3.8) is 0 Å². The lowest BCUT2D eigenvalue weighted by Crippen LogP contribution is -2.35. The van der Waals surface area contributed by atoms with Gasteiger partial charge in [0.05, 0.1) is 28.8 Å². The first-order chi connectivity index (χ1) is 15.0. The van der Waals surface area contributed by atoms with Crippen LogP contribution in [0.15, 0.2) is 36.7 Å². The van der Waals surface area contributed by atoms with Gasteiger partial charge in [-0.2, -0.15) is 18.3 Å². The Hall–Kier alpha value is -3.67. The van der Waals surface area contributed by atoms with Crippen LogP contribution >= 0.6 is 11.5 Å². The predicted molar refractivity (Wildman–Crippen MR) is 107 cm³/mol. The van der Waals surface area contributed by atoms with Crippen LogP contribution in [0.1, 0.15) is 10.5 Å². The molecule has 4 aromatic rings. The van der Waals surface area contributed by atoms with E-state index in [-0.39, 0.29) is 17.1 Å². The summed E-state index contributed by atoms with van der Waals surface area (Å²) in [5.41, 5.74) is 2.06. The first kappa shape index (κ1) is 19.3. The number of alkyl halides is 2. The zero-order valence-corrected chi connectivity index (χ0v) is 16.4. The van der Waals surface area contributed by atoms with E-state index in [4.69, 9.17) is 0 Å². The van der Waals surface area contributed by atoms with Crippen molar-refractivity contribution in [2.24, 2.45) is 0 Å². The van der Waals surface area contributed by atoms with Gasteiger partial charge in [-0.25, -0.2) is 4.39 Å². The van der Waals surface area contributed by atoms with Crippen molar-refractivity contribution >= 4 is 39.0 Å². The second-order valence-corrected chi connectivity index (χ2v) is 7.37. The van der Waals surface area contributed by atoms with Crippen molar-refractivity contribution in [3.8, 4) is 17.0 Å². The van der Waals surface area contributed by atoms with Gasteiger partial charge in [-0.15, -0.1) is 0 Å². The Morgan fingerprint density at radius 3 is 3.00 bits per heavy atom. The van der Waals surface area contributed by atoms with Gasteiger partial charge >= 0.3 is 6.61 Å². The number of benzene rings is 1. The molecule has 0 fully saturated rings. The molecule has 0 bridgehead atoms. The topological polar surface area (TPSA) is 94.0 Å². The molecule has 0 atom stereocenters. The minimum atomic E-state index is -3.22. The Labute approximate surface area is 176 Å². The number of anilines is 2. The normalized spacial score (nSPS) is 13.4. The number of para-hydroxylation sites is 1. The van der Waals surface area contributed by atoms with Crippen LogP contribution in [0.3, 0.4) is 0 Å². The molecule has 0 unspecified atom stereocenters. The molecule has 4 heterocycles. The molecular weight excluding hydrogens is 433 g/mol. The van der Waals surface area contributed by atoms with Crippen LogP contribution < -0.4 is 15.4 Å². The number of pyridine rings is 1. The van der Waals surface area contributed by atoms with Crippen molar-refractivity contribution in [2.75, 3.05) is 11.9 Å². The van der Waals surface area contributed by atoms with E-state index >= 15 is 0 Å². The quantitative estimate of drug-likeness (QED) is 0.485. The Morgan fingerprint density at radius 2 is 2.16 bits per heavy atom. The van der Waals surface area contributed by atoms with Crippen molar-refractivity contribution in [1.29, 1.82) is 0 Å². The molecule has 0 radical (unpaired) electrons. The zero-order valence-electron chi connectivity index (χ0n) is 15.6. The van der Waals surface area contributed by atoms with E-state index in [1.54, 1.807) is 18.5 Å². The fourth-order valence-electron chi connectivity index (χ4n) is 3.44. The lowest BCUT2D eigenvalue weighted by molar-refractivity contribution is -0.0516. The molecule has 0 saturated heterocycles. The van der Waals surface area contributed by atoms with E-state index in [1.807, 2.05) is 0 Å². The summed E-state index contributed by atoms with van der Waals surface area (Å²) in [4.78, 5) is 16.9. The summed E-state index contributed by atoms with van der Waals surface area (Å²) in [6, 6.07) is 5.46. The highest BCUT2D eigenvalue weighted by atomic mass is 32.1. The first-order valence-electron chi connectivity index (χ1n) is 9.12. The Bertz CT molecular complexity index is 1310. The van der Waals surface area contributed by atoms with Gasteiger partial charge in [-0.3, -0.25) is 14.5 Å². The molecule has 1 aliphatic rings. The number of aromatic nitrogens is 4. The maximum Gasteiger partial charge on any atom is 0.387 e. The van der Waals surface area contributed by atoms with Crippen molar-refractivity contribution in [1.82, 2.24) is 24.5 Å². The molecule has 1 amide bonds. The van der Waals surface area contributed by atoms with Crippen LogP contribution in [0, 0.1) is 5.82 Å². The van der Waals surface area contributed by atoms with E-state index in [1.165, 1.54) is 28.3 Å². The smallest absolute Gasteiger partial charge is 0.387 e. The minimum Gasteiger partial charge on any atom is -0.429 e. The number of amides is 1. The van der Waals surface area contributed by atoms with Crippen LogP contribution in [0.5, 0.6) is 5.75 Å². The van der Waals surface area contributed by atoms with Gasteiger partial charge in [0.25, 0.3) is 5.91 Å². The molecule has 5 rings (SSSR count). The third kappa shape index (κ3) is 3.34. The highest BCUT2D eigenvalue weighted by Gasteiger charge is 2.29. The average Bonchev–Trinajstić information content (AvgIpc) is 3.36. The van der Waals surface area contributed by atoms with Gasteiger partial charge in [0.2, 0.25) is 0 Å². The zero-order chi connectivity index (χ0) is 21.5. The molecule has 0 spiro atoms. The van der Waals surface area contributed by atoms with E-state index in [0.717, 1.165) is 10.8 Å². The van der Waals surface area contributed by atoms with Gasteiger partial charge in [0, 0.05) is 18.3 Å². The molecule has 2 N–H and O–H groups in total. The lowest BCUT2D eigenvalue weighted by atomic mass is 10.1. The minimum absolute atomic E-state index is 0.0645. The number of rotatable bonds is 5. The number of halogens is 3. The van der Waals surface area contributed by atoms with Crippen LogP contribution in [0.25, 0.3) is 21.5 Å². The number of hydrogen-bond acceptors (Lipinski definition) is 7. The van der Waals surface area contributed by atoms with Gasteiger partial charge in [-0.1, -0.05) is 6.07 Å². The fraction of sp³-hybridized carbons (Fsp3) is 0.158. The average molecular weight is 446 g/mol. The van der Waals surface area contributed by atoms with E-state index in [9.17, 15) is 18.0 Å². The SMILES string of the molecule is O=C1NCCn2nc(-c3ccnc4cnsc34)c(Nc3cccc(F)c3OC(F)F)c21. The Morgan fingerprint density at radius 1 is 1.29 bits per heavy atom. The molecule has 158 valence electrons. The van der Waals surface area contributed by atoms with Crippen LogP contribution in [-0.2, 0) is 6.54 Å². The largest absolute Gasteiger partial charge is 0.429 e. The molecular formula is C19H13F3N6O2S. The maximum atomic E-state index is 14.2. The highest BCUT2D eigenvalue weighted by Crippen LogP contribution is 2.40. The van der Waals surface area contributed by atoms with Crippen molar-refractivity contribution < 1.29 is 22.7 Å². The van der Waals surface area contributed by atoms with Crippen LogP contribution in [-0.4, -0.2) is 38.2 Å². The van der Waals surface area contributed by atoms with Gasteiger partial charge in [0.1, 0.15) is 16.9 Å². The third-order valence-corrected chi connectivity index (χ3v) is 5.54. The number of nitrogens with one attached hydrogen (secondary N) is 2. The molecule has 0 saturated carbocycles. The van der Waals surface area contributed by atoms with Crippen LogP contribution in [0.2, 0.25) is 0 Å².